The van der Waals surface area contributed by atoms with Crippen LogP contribution in [-0.2, 0) is 14.3 Å². The highest BCUT2D eigenvalue weighted by atomic mass is 32.2. The fourth-order valence-electron chi connectivity index (χ4n) is 4.31. The Bertz CT molecular complexity index is 1030. The van der Waals surface area contributed by atoms with Gasteiger partial charge in [0.05, 0.1) is 45.1 Å². The number of amides is 1. The molecule has 0 aliphatic carbocycles. The first-order valence-corrected chi connectivity index (χ1v) is 11.4. The van der Waals surface area contributed by atoms with Crippen molar-refractivity contribution < 1.29 is 23.8 Å². The lowest BCUT2D eigenvalue weighted by Crippen LogP contribution is -2.38. The maximum atomic E-state index is 12.9. The number of hydrogen-bond acceptors (Lipinski definition) is 8. The van der Waals surface area contributed by atoms with Crippen LogP contribution in [-0.4, -0.2) is 61.3 Å². The smallest absolute Gasteiger partial charge is 0.338 e. The zero-order valence-corrected chi connectivity index (χ0v) is 19.5. The molecule has 3 aliphatic heterocycles. The quantitative estimate of drug-likeness (QED) is 0.605. The highest BCUT2D eigenvalue weighted by molar-refractivity contribution is 8.16. The number of benzene rings is 1. The van der Waals surface area contributed by atoms with Crippen LogP contribution >= 0.6 is 11.8 Å². The molecular weight excluding hydrogens is 430 g/mol. The second kappa shape index (κ2) is 9.28. The van der Waals surface area contributed by atoms with E-state index in [0.717, 1.165) is 42.4 Å². The van der Waals surface area contributed by atoms with Gasteiger partial charge in [0.2, 0.25) is 5.91 Å². The van der Waals surface area contributed by atoms with Gasteiger partial charge in [-0.25, -0.2) is 9.79 Å². The van der Waals surface area contributed by atoms with Gasteiger partial charge in [0.1, 0.15) is 11.5 Å². The molecule has 0 bridgehead atoms. The van der Waals surface area contributed by atoms with Gasteiger partial charge in [-0.2, -0.15) is 0 Å². The molecule has 1 saturated heterocycles. The van der Waals surface area contributed by atoms with Crippen LogP contribution in [0.1, 0.15) is 37.8 Å². The lowest BCUT2D eigenvalue weighted by atomic mass is 9.93. The second-order valence-electron chi connectivity index (χ2n) is 7.76. The fourth-order valence-corrected chi connectivity index (χ4v) is 5.28. The maximum absolute atomic E-state index is 12.9. The van der Waals surface area contributed by atoms with Crippen molar-refractivity contribution in [3.63, 3.8) is 0 Å². The summed E-state index contributed by atoms with van der Waals surface area (Å²) in [4.78, 5) is 34.3. The summed E-state index contributed by atoms with van der Waals surface area (Å²) in [5.74, 6) is 0.843. The number of carbonyl (C=O) groups is 2. The predicted octanol–water partition coefficient (Wildman–Crippen LogP) is 3.46. The van der Waals surface area contributed by atoms with Crippen LogP contribution in [0.2, 0.25) is 0 Å². The summed E-state index contributed by atoms with van der Waals surface area (Å²) in [6.45, 7) is 3.39. The molecule has 170 valence electrons. The number of amidine groups is 1. The highest BCUT2D eigenvalue weighted by Crippen LogP contribution is 2.47. The van der Waals surface area contributed by atoms with Gasteiger partial charge in [0.15, 0.2) is 5.17 Å². The average Bonchev–Trinajstić information content (AvgIpc) is 3.48. The first-order chi connectivity index (χ1) is 15.5. The first kappa shape index (κ1) is 22.3. The molecule has 0 N–H and O–H groups in total. The van der Waals surface area contributed by atoms with E-state index in [0.29, 0.717) is 22.8 Å². The largest absolute Gasteiger partial charge is 0.497 e. The Morgan fingerprint density at radius 3 is 2.56 bits per heavy atom. The third kappa shape index (κ3) is 3.97. The molecule has 0 radical (unpaired) electrons. The molecule has 3 aliphatic rings. The average molecular weight is 458 g/mol. The van der Waals surface area contributed by atoms with Gasteiger partial charge in [-0.3, -0.25) is 4.79 Å². The second-order valence-corrected chi connectivity index (χ2v) is 8.59. The van der Waals surface area contributed by atoms with Crippen molar-refractivity contribution >= 4 is 28.8 Å². The Morgan fingerprint density at radius 1 is 1.16 bits per heavy atom. The van der Waals surface area contributed by atoms with E-state index in [9.17, 15) is 9.59 Å². The van der Waals surface area contributed by atoms with Gasteiger partial charge in [-0.15, -0.1) is 0 Å². The topological polar surface area (TPSA) is 80.7 Å². The predicted molar refractivity (Wildman–Crippen MR) is 122 cm³/mol. The van der Waals surface area contributed by atoms with E-state index in [2.05, 4.69) is 4.99 Å². The number of fused-ring (bicyclic) bond motifs is 1. The van der Waals surface area contributed by atoms with Crippen molar-refractivity contribution in [3.05, 3.63) is 46.1 Å². The summed E-state index contributed by atoms with van der Waals surface area (Å²) in [5.41, 5.74) is 2.57. The molecule has 1 amide bonds. The number of rotatable bonds is 6. The molecule has 9 heteroatoms. The summed E-state index contributed by atoms with van der Waals surface area (Å²) in [7, 11) is 4.53. The van der Waals surface area contributed by atoms with Gasteiger partial charge >= 0.3 is 5.97 Å². The van der Waals surface area contributed by atoms with Crippen LogP contribution in [0.3, 0.4) is 0 Å². The van der Waals surface area contributed by atoms with Crippen LogP contribution < -0.4 is 9.47 Å². The number of methoxy groups -OCH3 is 3. The van der Waals surface area contributed by atoms with Gasteiger partial charge in [-0.1, -0.05) is 11.8 Å². The molecule has 1 aromatic rings. The van der Waals surface area contributed by atoms with Gasteiger partial charge in [-0.05, 0) is 37.3 Å². The van der Waals surface area contributed by atoms with Crippen molar-refractivity contribution in [2.75, 3.05) is 34.4 Å². The number of esters is 1. The monoisotopic (exact) mass is 457 g/mol. The molecule has 1 aromatic carbocycles. The molecule has 32 heavy (non-hydrogen) atoms. The summed E-state index contributed by atoms with van der Waals surface area (Å²) in [6, 6.07) is 4.95. The maximum Gasteiger partial charge on any atom is 0.338 e. The molecule has 4 rings (SSSR count). The Labute approximate surface area is 191 Å². The SMILES string of the molecule is COC(=O)C1=C(C)N=C2SC=C(CC(=O)N3CCCC3)N2C1c1ccc(OC)cc1OC. The Hall–Kier alpha value is -2.94. The Balaban J connectivity index is 1.77. The van der Waals surface area contributed by atoms with Gasteiger partial charge in [0, 0.05) is 30.4 Å². The summed E-state index contributed by atoms with van der Waals surface area (Å²) >= 11 is 1.45. The molecule has 1 atom stereocenters. The van der Waals surface area contributed by atoms with Crippen LogP contribution in [0.25, 0.3) is 0 Å². The fraction of sp³-hybridized carbons (Fsp3) is 0.435. The first-order valence-electron chi connectivity index (χ1n) is 10.5. The van der Waals surface area contributed by atoms with Crippen LogP contribution in [0.15, 0.2) is 45.6 Å². The molecule has 1 fully saturated rings. The highest BCUT2D eigenvalue weighted by Gasteiger charge is 2.42. The summed E-state index contributed by atoms with van der Waals surface area (Å²) in [6.07, 6.45) is 2.32. The lowest BCUT2D eigenvalue weighted by Gasteiger charge is -2.37. The molecule has 8 nitrogen and oxygen atoms in total. The Kier molecular flexibility index (Phi) is 6.45. The van der Waals surface area contributed by atoms with Crippen molar-refractivity contribution in [2.24, 2.45) is 4.99 Å². The number of aliphatic imine (C=N–C) groups is 1. The van der Waals surface area contributed by atoms with Crippen molar-refractivity contribution in [1.82, 2.24) is 9.80 Å². The molecular formula is C23H27N3O5S. The van der Waals surface area contributed by atoms with Crippen LogP contribution in [0.5, 0.6) is 11.5 Å². The van der Waals surface area contributed by atoms with Gasteiger partial charge < -0.3 is 24.0 Å². The number of likely N-dealkylation sites (tertiary alicyclic amines) is 1. The zero-order chi connectivity index (χ0) is 22.8. The van der Waals surface area contributed by atoms with Gasteiger partial charge in [0.25, 0.3) is 0 Å². The number of ether oxygens (including phenoxy) is 3. The van der Waals surface area contributed by atoms with E-state index in [-0.39, 0.29) is 12.3 Å². The number of hydrogen-bond donors (Lipinski definition) is 0. The van der Waals surface area contributed by atoms with Crippen LogP contribution in [0, 0.1) is 0 Å². The zero-order valence-electron chi connectivity index (χ0n) is 18.7. The van der Waals surface area contributed by atoms with E-state index in [1.165, 1.54) is 18.9 Å². The summed E-state index contributed by atoms with van der Waals surface area (Å²) in [5, 5.41) is 2.67. The van der Waals surface area contributed by atoms with Crippen LogP contribution in [0.4, 0.5) is 0 Å². The van der Waals surface area contributed by atoms with E-state index >= 15 is 0 Å². The third-order valence-corrected chi connectivity index (χ3v) is 6.82. The van der Waals surface area contributed by atoms with E-state index in [1.807, 2.05) is 27.3 Å². The number of nitrogens with zero attached hydrogens (tertiary/aromatic N) is 3. The van der Waals surface area contributed by atoms with Crippen molar-refractivity contribution in [2.45, 2.75) is 32.2 Å². The van der Waals surface area contributed by atoms with E-state index in [1.54, 1.807) is 27.2 Å². The minimum absolute atomic E-state index is 0.0851. The molecule has 0 spiro atoms. The molecule has 0 saturated carbocycles. The normalized spacial score (nSPS) is 20.1. The standard InChI is InChI=1S/C23H27N3O5S/c1-14-20(22(28)31-4)21(17-8-7-16(29-2)12-18(17)30-3)26-15(13-32-23(26)24-14)11-19(27)25-9-5-6-10-25/h7-8,12-13,21H,5-6,9-11H2,1-4H3. The van der Waals surface area contributed by atoms with Crippen molar-refractivity contribution in [3.8, 4) is 11.5 Å². The molecule has 0 aromatic heterocycles. The Morgan fingerprint density at radius 2 is 1.91 bits per heavy atom. The molecule has 3 heterocycles. The van der Waals surface area contributed by atoms with E-state index in [4.69, 9.17) is 14.2 Å². The third-order valence-electron chi connectivity index (χ3n) is 5.93. The lowest BCUT2D eigenvalue weighted by molar-refractivity contribution is -0.136. The van der Waals surface area contributed by atoms with Crippen molar-refractivity contribution in [1.29, 1.82) is 0 Å². The van der Waals surface area contributed by atoms with E-state index < -0.39 is 12.0 Å². The minimum Gasteiger partial charge on any atom is -0.497 e. The molecule has 1 unspecified atom stereocenters. The minimum atomic E-state index is -0.538. The number of allylic oxidation sites excluding steroid dienone is 1. The number of thioether (sulfide) groups is 1. The summed E-state index contributed by atoms with van der Waals surface area (Å²) < 4.78 is 16.1. The number of carbonyl (C=O) groups excluding carboxylic acids is 2.